The quantitative estimate of drug-likeness (QED) is 0.103. The molecule has 0 unspecified atom stereocenters. The molecule has 4 aromatic heterocycles. The van der Waals surface area contributed by atoms with E-state index in [1.165, 1.54) is 6.07 Å². The lowest BCUT2D eigenvalue weighted by Gasteiger charge is -2.32. The first kappa shape index (κ1) is 56.5. The van der Waals surface area contributed by atoms with E-state index in [1.807, 2.05) is 53.9 Å². The molecule has 2 saturated heterocycles. The fourth-order valence-electron chi connectivity index (χ4n) is 8.06. The van der Waals surface area contributed by atoms with E-state index >= 15 is 0 Å². The predicted molar refractivity (Wildman–Crippen MR) is 295 cm³/mol. The van der Waals surface area contributed by atoms with E-state index in [-0.39, 0.29) is 34.4 Å². The number of aromatic carboxylic acids is 1. The number of aromatic nitrogens is 2. The van der Waals surface area contributed by atoms with Crippen LogP contribution in [0.25, 0.3) is 43.1 Å². The summed E-state index contributed by atoms with van der Waals surface area (Å²) in [5.41, 5.74) is 8.82. The average molecular weight is 1070 g/mol. The minimum atomic E-state index is -0.981. The number of ether oxygens (including phenoxy) is 2. The molecule has 0 saturated carbocycles. The first-order chi connectivity index (χ1) is 34.7. The summed E-state index contributed by atoms with van der Waals surface area (Å²) in [7, 11) is 0. The molecule has 0 bridgehead atoms. The molecule has 2 aliphatic heterocycles. The number of hydrogen-bond acceptors (Lipinski definition) is 11. The van der Waals surface area contributed by atoms with E-state index in [0.717, 1.165) is 80.5 Å². The number of piperidine rings is 2. The number of halogens is 2. The zero-order valence-electron chi connectivity index (χ0n) is 42.8. The van der Waals surface area contributed by atoms with E-state index < -0.39 is 12.1 Å². The Labute approximate surface area is 447 Å². The summed E-state index contributed by atoms with van der Waals surface area (Å²) in [6.45, 7) is 20.4. The molecule has 73 heavy (non-hydrogen) atoms. The number of amides is 3. The van der Waals surface area contributed by atoms with Crippen LogP contribution in [0.2, 0.25) is 10.0 Å². The van der Waals surface area contributed by atoms with Crippen LogP contribution in [-0.2, 0) is 20.3 Å². The van der Waals surface area contributed by atoms with Gasteiger partial charge < -0.3 is 35.4 Å². The van der Waals surface area contributed by atoms with Gasteiger partial charge in [0.1, 0.15) is 0 Å². The summed E-state index contributed by atoms with van der Waals surface area (Å²) in [5, 5.41) is 23.1. The van der Waals surface area contributed by atoms with E-state index in [2.05, 4.69) is 97.1 Å². The Morgan fingerprint density at radius 3 is 1.51 bits per heavy atom. The van der Waals surface area contributed by atoms with Crippen LogP contribution in [0.5, 0.6) is 0 Å². The van der Waals surface area contributed by atoms with Crippen molar-refractivity contribution in [2.45, 2.75) is 104 Å². The van der Waals surface area contributed by atoms with Gasteiger partial charge in [-0.3, -0.25) is 14.8 Å². The molecular formula is C56H66Cl2N6O7S2. The zero-order chi connectivity index (χ0) is 52.9. The highest BCUT2D eigenvalue weighted by molar-refractivity contribution is 7.14. The van der Waals surface area contributed by atoms with E-state index in [4.69, 9.17) is 37.8 Å². The number of alkyl carbamates (subject to hydrolysis) is 2. The molecule has 4 N–H and O–H groups in total. The number of carbonyl (C=O) groups is 4. The van der Waals surface area contributed by atoms with Crippen LogP contribution >= 0.6 is 45.9 Å². The van der Waals surface area contributed by atoms with Crippen LogP contribution in [0.15, 0.2) is 96.0 Å². The lowest BCUT2D eigenvalue weighted by atomic mass is 9.90. The third-order valence-electron chi connectivity index (χ3n) is 12.2. The van der Waals surface area contributed by atoms with E-state index in [1.54, 1.807) is 47.8 Å². The van der Waals surface area contributed by atoms with Gasteiger partial charge in [0.25, 0.3) is 5.91 Å². The maximum absolute atomic E-state index is 13.1. The van der Waals surface area contributed by atoms with Crippen LogP contribution < -0.4 is 16.0 Å². The Kier molecular flexibility index (Phi) is 20.0. The molecule has 0 atom stereocenters. The van der Waals surface area contributed by atoms with Crippen LogP contribution in [0.3, 0.4) is 0 Å². The Hall–Kier alpha value is -5.84. The molecule has 2 aromatic carbocycles. The molecule has 17 heteroatoms. The minimum absolute atomic E-state index is 0.00787. The van der Waals surface area contributed by atoms with Gasteiger partial charge in [-0.1, -0.05) is 76.9 Å². The van der Waals surface area contributed by atoms with Crippen LogP contribution in [0, 0.1) is 0 Å². The second-order valence-corrected chi connectivity index (χ2v) is 22.4. The number of likely N-dealkylation sites (tertiary alicyclic amines) is 1. The molecule has 0 radical (unpaired) electrons. The standard InChI is InChI=1S/C28H32ClN3O3S.C20H18ClNO2S.C8H16N2O2/c1-5-35-27(34)31-21-9-12-32(13-10-21)26(33)19-6-7-22(23(29)14-19)20-15-24(36-17-20)18-8-11-30-25(16-18)28(2,3)4;1-20(2,3)18-10-12(6-7-22-18)17-9-14(11-25-17)15-5-4-13(19(23)24)8-16(15)21;1-2-12-8(11)10-7-3-5-9-6-4-7/h6-8,11,14-17,21H,5,9-10,12-13H2,1-4H3,(H,31,34);4-11H,1-3H3,(H,23,24);7,9H,2-6H2,1H3,(H,10,11). The van der Waals surface area contributed by atoms with E-state index in [0.29, 0.717) is 60.8 Å². The molecule has 13 nitrogen and oxygen atoms in total. The number of thiophene rings is 2. The van der Waals surface area contributed by atoms with Crippen molar-refractivity contribution in [3.8, 4) is 43.1 Å². The maximum Gasteiger partial charge on any atom is 0.407 e. The molecule has 3 amide bonds. The van der Waals surface area contributed by atoms with Gasteiger partial charge >= 0.3 is 18.2 Å². The van der Waals surface area contributed by atoms with Crippen LogP contribution in [-0.4, -0.2) is 95.5 Å². The summed E-state index contributed by atoms with van der Waals surface area (Å²) in [4.78, 5) is 59.8. The first-order valence-corrected chi connectivity index (χ1v) is 27.1. The summed E-state index contributed by atoms with van der Waals surface area (Å²) < 4.78 is 9.72. The van der Waals surface area contributed by atoms with Crippen molar-refractivity contribution in [1.29, 1.82) is 0 Å². The molecule has 0 aliphatic carbocycles. The normalized spacial score (nSPS) is 14.2. The minimum Gasteiger partial charge on any atom is -0.478 e. The third-order valence-corrected chi connectivity index (χ3v) is 14.8. The number of carboxylic acids is 1. The second kappa shape index (κ2) is 25.9. The lowest BCUT2D eigenvalue weighted by molar-refractivity contribution is 0.0689. The average Bonchev–Trinajstić information content (AvgIpc) is 4.06. The summed E-state index contributed by atoms with van der Waals surface area (Å²) in [6, 6.07) is 23.1. The highest BCUT2D eigenvalue weighted by Gasteiger charge is 2.26. The number of carboxylic acid groups (broad SMARTS) is 1. The topological polar surface area (TPSA) is 172 Å². The number of nitrogens with one attached hydrogen (secondary N) is 3. The Morgan fingerprint density at radius 2 is 1.08 bits per heavy atom. The second-order valence-electron chi connectivity index (χ2n) is 19.8. The van der Waals surface area contributed by atoms with E-state index in [9.17, 15) is 19.2 Å². The highest BCUT2D eigenvalue weighted by Crippen LogP contribution is 2.39. The van der Waals surface area contributed by atoms with Crippen molar-refractivity contribution in [3.05, 3.63) is 129 Å². The van der Waals surface area contributed by atoms with Gasteiger partial charge in [0.05, 0.1) is 18.8 Å². The summed E-state index contributed by atoms with van der Waals surface area (Å²) in [6.07, 6.45) is 6.39. The van der Waals surface area contributed by atoms with Gasteiger partial charge in [0, 0.05) is 96.3 Å². The SMILES string of the molecule is CC(C)(C)c1cc(-c2cc(-c3ccc(C(=O)O)cc3Cl)cs2)ccn1.CCOC(=O)NC1CCN(C(=O)c2ccc(-c3csc(-c4ccnc(C(C)(C)C)c4)c3)c(Cl)c2)CC1.CCOC(=O)NC1CCNCC1. The van der Waals surface area contributed by atoms with Crippen molar-refractivity contribution in [2.24, 2.45) is 0 Å². The van der Waals surface area contributed by atoms with Crippen molar-refractivity contribution in [3.63, 3.8) is 0 Å². The highest BCUT2D eigenvalue weighted by atomic mass is 35.5. The van der Waals surface area contributed by atoms with Crippen molar-refractivity contribution >= 4 is 69.9 Å². The molecule has 2 aliphatic rings. The molecule has 6 heterocycles. The fraction of sp³-hybridized carbons (Fsp3) is 0.393. The molecule has 388 valence electrons. The fourth-order valence-corrected chi connectivity index (χ4v) is 10.5. The third kappa shape index (κ3) is 16.1. The number of pyridine rings is 2. The lowest BCUT2D eigenvalue weighted by Crippen LogP contribution is -2.46. The van der Waals surface area contributed by atoms with Gasteiger partial charge in [-0.15, -0.1) is 22.7 Å². The number of benzene rings is 2. The van der Waals surface area contributed by atoms with Crippen LogP contribution in [0.1, 0.15) is 113 Å². The monoisotopic (exact) mass is 1070 g/mol. The summed E-state index contributed by atoms with van der Waals surface area (Å²) in [5.74, 6) is -1.03. The van der Waals surface area contributed by atoms with Crippen molar-refractivity contribution in [2.75, 3.05) is 39.4 Å². The number of hydrogen-bond donors (Lipinski definition) is 4. The van der Waals surface area contributed by atoms with Gasteiger partial charge in [-0.05, 0) is 146 Å². The zero-order valence-corrected chi connectivity index (χ0v) is 45.9. The van der Waals surface area contributed by atoms with Gasteiger partial charge in [-0.25, -0.2) is 14.4 Å². The van der Waals surface area contributed by atoms with Gasteiger partial charge in [0.2, 0.25) is 0 Å². The Balaban J connectivity index is 0.000000202. The maximum atomic E-state index is 13.1. The molecule has 2 fully saturated rings. The molecule has 8 rings (SSSR count). The first-order valence-electron chi connectivity index (χ1n) is 24.5. The Morgan fingerprint density at radius 1 is 0.644 bits per heavy atom. The smallest absolute Gasteiger partial charge is 0.407 e. The van der Waals surface area contributed by atoms with Gasteiger partial charge in [-0.2, -0.15) is 0 Å². The molecule has 0 spiro atoms. The Bertz CT molecular complexity index is 2840. The van der Waals surface area contributed by atoms with Crippen LogP contribution in [0.4, 0.5) is 9.59 Å². The van der Waals surface area contributed by atoms with Gasteiger partial charge in [0.15, 0.2) is 0 Å². The van der Waals surface area contributed by atoms with Crippen molar-refractivity contribution in [1.82, 2.24) is 30.8 Å². The largest absolute Gasteiger partial charge is 0.478 e. The number of nitrogens with zero attached hydrogens (tertiary/aromatic N) is 3. The van der Waals surface area contributed by atoms with Crippen molar-refractivity contribution < 1.29 is 33.8 Å². The summed E-state index contributed by atoms with van der Waals surface area (Å²) >= 11 is 16.2. The number of carbonyl (C=O) groups excluding carboxylic acids is 3. The predicted octanol–water partition coefficient (Wildman–Crippen LogP) is 13.4. The number of rotatable bonds is 10. The molecule has 6 aromatic rings. The molecular weight excluding hydrogens is 1000 g/mol.